The summed E-state index contributed by atoms with van der Waals surface area (Å²) in [5.41, 5.74) is 7.91. The van der Waals surface area contributed by atoms with E-state index in [0.29, 0.717) is 11.4 Å². The molecular formula is C22H24FN5O3. The first-order chi connectivity index (χ1) is 15.0. The predicted molar refractivity (Wildman–Crippen MR) is 115 cm³/mol. The van der Waals surface area contributed by atoms with Gasteiger partial charge in [0.15, 0.2) is 0 Å². The number of carbonyl (C=O) groups excluding carboxylic acids is 2. The van der Waals surface area contributed by atoms with Crippen molar-refractivity contribution in [1.82, 2.24) is 4.90 Å². The minimum Gasteiger partial charge on any atom is -0.379 e. The molecular weight excluding hydrogens is 401 g/mol. The lowest BCUT2D eigenvalue weighted by Gasteiger charge is -2.26. The number of morpholine rings is 1. The Hall–Kier alpha value is -3.30. The minimum atomic E-state index is -0.807. The molecule has 2 aliphatic rings. The summed E-state index contributed by atoms with van der Waals surface area (Å²) in [5, 5.41) is 8.51. The van der Waals surface area contributed by atoms with Gasteiger partial charge >= 0.3 is 0 Å². The second-order valence-corrected chi connectivity index (χ2v) is 7.53. The summed E-state index contributed by atoms with van der Waals surface area (Å²) >= 11 is 0. The van der Waals surface area contributed by atoms with Crippen molar-refractivity contribution in [2.24, 2.45) is 10.8 Å². The number of rotatable bonds is 6. The molecule has 2 aromatic carbocycles. The van der Waals surface area contributed by atoms with E-state index in [1.54, 1.807) is 6.07 Å². The summed E-state index contributed by atoms with van der Waals surface area (Å²) < 4.78 is 18.6. The molecule has 0 aliphatic carbocycles. The lowest BCUT2D eigenvalue weighted by Crippen LogP contribution is -2.39. The molecule has 0 bridgehead atoms. The van der Waals surface area contributed by atoms with Crippen molar-refractivity contribution in [3.8, 4) is 0 Å². The highest BCUT2D eigenvalue weighted by Gasteiger charge is 2.35. The minimum absolute atomic E-state index is 0.0754. The third-order valence-corrected chi connectivity index (χ3v) is 5.29. The van der Waals surface area contributed by atoms with Gasteiger partial charge in [-0.3, -0.25) is 19.5 Å². The fraction of sp³-hybridized carbons (Fsp3) is 0.318. The molecule has 2 aromatic rings. The van der Waals surface area contributed by atoms with Crippen molar-refractivity contribution < 1.29 is 18.7 Å². The van der Waals surface area contributed by atoms with Gasteiger partial charge in [-0.15, -0.1) is 0 Å². The Labute approximate surface area is 179 Å². The molecule has 2 amide bonds. The smallest absolute Gasteiger partial charge is 0.271 e. The second-order valence-electron chi connectivity index (χ2n) is 7.53. The summed E-state index contributed by atoms with van der Waals surface area (Å²) in [6.45, 7) is 3.97. The van der Waals surface area contributed by atoms with Gasteiger partial charge in [0.2, 0.25) is 5.91 Å². The van der Waals surface area contributed by atoms with E-state index in [9.17, 15) is 14.0 Å². The number of nitrogens with two attached hydrogens (primary N) is 1. The van der Waals surface area contributed by atoms with Crippen LogP contribution in [-0.4, -0.2) is 54.8 Å². The lowest BCUT2D eigenvalue weighted by molar-refractivity contribution is -0.119. The Balaban J connectivity index is 1.46. The van der Waals surface area contributed by atoms with Crippen LogP contribution in [0, 0.1) is 5.82 Å². The van der Waals surface area contributed by atoms with Gasteiger partial charge in [-0.05, 0) is 42.0 Å². The summed E-state index contributed by atoms with van der Waals surface area (Å²) in [7, 11) is 0. The number of carbonyl (C=O) groups is 2. The number of benzene rings is 2. The van der Waals surface area contributed by atoms with E-state index in [-0.39, 0.29) is 12.1 Å². The van der Waals surface area contributed by atoms with E-state index in [0.717, 1.165) is 38.4 Å². The monoisotopic (exact) mass is 425 g/mol. The van der Waals surface area contributed by atoms with Crippen molar-refractivity contribution in [2.45, 2.75) is 19.0 Å². The Bertz CT molecular complexity index is 989. The van der Waals surface area contributed by atoms with Crippen molar-refractivity contribution >= 4 is 28.9 Å². The molecule has 4 rings (SSSR count). The Morgan fingerprint density at radius 2 is 1.90 bits per heavy atom. The zero-order valence-electron chi connectivity index (χ0n) is 17.0. The van der Waals surface area contributed by atoms with Crippen LogP contribution in [0.1, 0.15) is 12.0 Å². The van der Waals surface area contributed by atoms with E-state index in [4.69, 9.17) is 10.5 Å². The first-order valence-corrected chi connectivity index (χ1v) is 10.1. The third-order valence-electron chi connectivity index (χ3n) is 5.29. The van der Waals surface area contributed by atoms with Crippen LogP contribution in [0.4, 0.5) is 15.8 Å². The second kappa shape index (κ2) is 9.23. The molecule has 1 atom stereocenters. The number of hydrogen-bond acceptors (Lipinski definition) is 6. The van der Waals surface area contributed by atoms with Crippen LogP contribution in [0.5, 0.6) is 0 Å². The zero-order chi connectivity index (χ0) is 21.8. The SMILES string of the molecule is NC(=O)C1CC(C(=O)Nc2cccc(CN3CCOCC3)c2)=NN1c1ccc(F)cc1. The average Bonchev–Trinajstić information content (AvgIpc) is 3.21. The zero-order valence-corrected chi connectivity index (χ0v) is 17.0. The summed E-state index contributed by atoms with van der Waals surface area (Å²) in [6, 6.07) is 12.3. The number of nitrogens with one attached hydrogen (secondary N) is 1. The number of nitrogens with zero attached hydrogens (tertiary/aromatic N) is 3. The van der Waals surface area contributed by atoms with Crippen LogP contribution in [0.3, 0.4) is 0 Å². The van der Waals surface area contributed by atoms with Crippen LogP contribution in [0.15, 0.2) is 53.6 Å². The Morgan fingerprint density at radius 3 is 2.61 bits per heavy atom. The van der Waals surface area contributed by atoms with Crippen LogP contribution in [0.2, 0.25) is 0 Å². The lowest BCUT2D eigenvalue weighted by atomic mass is 10.1. The van der Waals surface area contributed by atoms with E-state index in [1.807, 2.05) is 18.2 Å². The molecule has 0 radical (unpaired) electrons. The predicted octanol–water partition coefficient (Wildman–Crippen LogP) is 1.72. The van der Waals surface area contributed by atoms with Crippen LogP contribution >= 0.6 is 0 Å². The van der Waals surface area contributed by atoms with Crippen molar-refractivity contribution in [3.63, 3.8) is 0 Å². The van der Waals surface area contributed by atoms with Gasteiger partial charge in [0.25, 0.3) is 5.91 Å². The van der Waals surface area contributed by atoms with E-state index in [1.165, 1.54) is 29.3 Å². The molecule has 1 fully saturated rings. The van der Waals surface area contributed by atoms with Gasteiger partial charge < -0.3 is 15.8 Å². The normalized spacial score (nSPS) is 19.2. The van der Waals surface area contributed by atoms with Crippen molar-refractivity contribution in [1.29, 1.82) is 0 Å². The van der Waals surface area contributed by atoms with Gasteiger partial charge in [0.05, 0.1) is 18.9 Å². The highest BCUT2D eigenvalue weighted by atomic mass is 19.1. The number of halogens is 1. The van der Waals surface area contributed by atoms with Gasteiger partial charge in [-0.2, -0.15) is 5.10 Å². The maximum Gasteiger partial charge on any atom is 0.271 e. The fourth-order valence-corrected chi connectivity index (χ4v) is 3.67. The molecule has 0 spiro atoms. The quantitative estimate of drug-likeness (QED) is 0.734. The summed E-state index contributed by atoms with van der Waals surface area (Å²) in [6.07, 6.45) is 0.0754. The molecule has 3 N–H and O–H groups in total. The number of hydrogen-bond donors (Lipinski definition) is 2. The van der Waals surface area contributed by atoms with Gasteiger partial charge in [-0.1, -0.05) is 12.1 Å². The first-order valence-electron chi connectivity index (χ1n) is 10.1. The van der Waals surface area contributed by atoms with Gasteiger partial charge in [-0.25, -0.2) is 4.39 Å². The Morgan fingerprint density at radius 1 is 1.16 bits per heavy atom. The maximum absolute atomic E-state index is 13.2. The third kappa shape index (κ3) is 5.07. The summed E-state index contributed by atoms with van der Waals surface area (Å²) in [5.74, 6) is -1.42. The molecule has 1 unspecified atom stereocenters. The molecule has 2 aliphatic heterocycles. The van der Waals surface area contributed by atoms with Gasteiger partial charge in [0.1, 0.15) is 17.6 Å². The van der Waals surface area contributed by atoms with Crippen molar-refractivity contribution in [3.05, 3.63) is 59.9 Å². The van der Waals surface area contributed by atoms with Crippen LogP contribution in [0.25, 0.3) is 0 Å². The molecule has 0 saturated carbocycles. The molecule has 9 heteroatoms. The molecule has 31 heavy (non-hydrogen) atoms. The summed E-state index contributed by atoms with van der Waals surface area (Å²) in [4.78, 5) is 27.0. The highest BCUT2D eigenvalue weighted by molar-refractivity contribution is 6.44. The molecule has 162 valence electrons. The Kier molecular flexibility index (Phi) is 6.24. The number of amides is 2. The van der Waals surface area contributed by atoms with E-state index >= 15 is 0 Å². The topological polar surface area (TPSA) is 100 Å². The molecule has 0 aromatic heterocycles. The van der Waals surface area contributed by atoms with Crippen molar-refractivity contribution in [2.75, 3.05) is 36.6 Å². The molecule has 8 nitrogen and oxygen atoms in total. The van der Waals surface area contributed by atoms with Gasteiger partial charge in [0, 0.05) is 31.7 Å². The average molecular weight is 425 g/mol. The van der Waals surface area contributed by atoms with E-state index < -0.39 is 23.7 Å². The van der Waals surface area contributed by atoms with Crippen LogP contribution < -0.4 is 16.1 Å². The van der Waals surface area contributed by atoms with E-state index in [2.05, 4.69) is 15.3 Å². The number of anilines is 2. The largest absolute Gasteiger partial charge is 0.379 e. The number of ether oxygens (including phenoxy) is 1. The fourth-order valence-electron chi connectivity index (χ4n) is 3.67. The van der Waals surface area contributed by atoms with Crippen LogP contribution in [-0.2, 0) is 20.9 Å². The first kappa shape index (κ1) is 21.0. The standard InChI is InChI=1S/C22H24FN5O3/c23-16-4-6-18(7-5-16)28-20(21(24)29)13-19(26-28)22(30)25-17-3-1-2-15(12-17)14-27-8-10-31-11-9-27/h1-7,12,20H,8-11,13-14H2,(H2,24,29)(H,25,30). The molecule has 1 saturated heterocycles. The maximum atomic E-state index is 13.2. The number of primary amides is 1. The highest BCUT2D eigenvalue weighted by Crippen LogP contribution is 2.25. The number of hydrazone groups is 1. The molecule has 2 heterocycles.